The molecule has 5 heteroatoms. The predicted molar refractivity (Wildman–Crippen MR) is 45.5 cm³/mol. The van der Waals surface area contributed by atoms with E-state index in [2.05, 4.69) is 14.1 Å². The Labute approximate surface area is 77.7 Å². The molecule has 2 rings (SSSR count). The predicted octanol–water partition coefficient (Wildman–Crippen LogP) is 1.95. The molecule has 1 aromatic heterocycles. The highest BCUT2D eigenvalue weighted by Gasteiger charge is 2.05. The van der Waals surface area contributed by atoms with Crippen molar-refractivity contribution in [2.45, 2.75) is 0 Å². The molecule has 0 spiro atoms. The summed E-state index contributed by atoms with van der Waals surface area (Å²) in [5, 5.41) is 4.02. The number of rotatable bonds is 1. The Morgan fingerprint density at radius 2 is 1.92 bits per heavy atom. The Balaban J connectivity index is 2.47. The normalized spacial score (nSPS) is 10.2. The topological polar surface area (TPSA) is 56.2 Å². The molecule has 0 N–H and O–H groups in total. The summed E-state index contributed by atoms with van der Waals surface area (Å²) in [6, 6.07) is 6.71. The second kappa shape index (κ2) is 3.06. The van der Waals surface area contributed by atoms with Crippen LogP contribution in [-0.4, -0.2) is 5.16 Å². The van der Waals surface area contributed by atoms with Crippen LogP contribution in [0.4, 0.5) is 0 Å². The fraction of sp³-hybridized carbons (Fsp3) is 0. The van der Waals surface area contributed by atoms with Crippen molar-refractivity contribution >= 4 is 11.6 Å². The Morgan fingerprint density at radius 1 is 1.23 bits per heavy atom. The van der Waals surface area contributed by atoms with Crippen LogP contribution in [0.5, 0.6) is 0 Å². The molecule has 0 saturated heterocycles. The van der Waals surface area contributed by atoms with E-state index in [1.165, 1.54) is 0 Å². The summed E-state index contributed by atoms with van der Waals surface area (Å²) >= 11 is 5.67. The third-order valence-corrected chi connectivity index (χ3v) is 1.73. The zero-order valence-corrected chi connectivity index (χ0v) is 7.12. The van der Waals surface area contributed by atoms with Gasteiger partial charge >= 0.3 is 5.82 Å². The maximum absolute atomic E-state index is 10.5. The summed E-state index contributed by atoms with van der Waals surface area (Å²) < 4.78 is 8.88. The number of benzene rings is 1. The first-order chi connectivity index (χ1) is 6.25. The summed E-state index contributed by atoms with van der Waals surface area (Å²) in [6.07, 6.45) is 0. The van der Waals surface area contributed by atoms with E-state index in [1.807, 2.05) is 0 Å². The summed E-state index contributed by atoms with van der Waals surface area (Å²) in [5.41, 5.74) is 0.648. The van der Waals surface area contributed by atoms with Gasteiger partial charge in [-0.05, 0) is 29.4 Å². The zero-order chi connectivity index (χ0) is 9.26. The standard InChI is InChI=1S/C8H4ClNO3/c9-6-3-1-5(2-4-6)7-10-13-8(11)12-7/h1-4H. The van der Waals surface area contributed by atoms with E-state index < -0.39 is 5.82 Å². The molecule has 0 bridgehead atoms. The van der Waals surface area contributed by atoms with Crippen molar-refractivity contribution in [3.05, 3.63) is 39.9 Å². The second-order valence-electron chi connectivity index (χ2n) is 2.35. The fourth-order valence-corrected chi connectivity index (χ4v) is 1.03. The Kier molecular flexibility index (Phi) is 1.90. The van der Waals surface area contributed by atoms with E-state index in [4.69, 9.17) is 11.6 Å². The smallest absolute Gasteiger partial charge is 0.370 e. The average molecular weight is 198 g/mol. The van der Waals surface area contributed by atoms with E-state index >= 15 is 0 Å². The largest absolute Gasteiger partial charge is 0.542 e. The molecule has 13 heavy (non-hydrogen) atoms. The quantitative estimate of drug-likeness (QED) is 0.701. The Bertz CT molecular complexity index is 457. The van der Waals surface area contributed by atoms with Crippen molar-refractivity contribution in [2.75, 3.05) is 0 Å². The van der Waals surface area contributed by atoms with Crippen molar-refractivity contribution in [1.29, 1.82) is 0 Å². The van der Waals surface area contributed by atoms with Crippen LogP contribution in [0.2, 0.25) is 5.02 Å². The molecule has 4 nitrogen and oxygen atoms in total. The molecular weight excluding hydrogens is 194 g/mol. The van der Waals surface area contributed by atoms with Gasteiger partial charge in [0.15, 0.2) is 0 Å². The van der Waals surface area contributed by atoms with Crippen molar-refractivity contribution in [1.82, 2.24) is 5.16 Å². The molecule has 0 atom stereocenters. The van der Waals surface area contributed by atoms with Gasteiger partial charge in [0, 0.05) is 10.6 Å². The van der Waals surface area contributed by atoms with Crippen LogP contribution in [0.3, 0.4) is 0 Å². The lowest BCUT2D eigenvalue weighted by Crippen LogP contribution is -1.85. The molecular formula is C8H4ClNO3. The lowest BCUT2D eigenvalue weighted by atomic mass is 10.2. The number of halogens is 1. The molecule has 2 aromatic rings. The first-order valence-electron chi connectivity index (χ1n) is 3.48. The van der Waals surface area contributed by atoms with Gasteiger partial charge in [-0.25, -0.2) is 4.79 Å². The molecule has 1 aromatic carbocycles. The molecule has 0 radical (unpaired) electrons. The van der Waals surface area contributed by atoms with Crippen LogP contribution in [0.15, 0.2) is 38.0 Å². The number of nitrogens with zero attached hydrogens (tertiary/aromatic N) is 1. The Morgan fingerprint density at radius 3 is 2.46 bits per heavy atom. The Hall–Kier alpha value is -1.55. The van der Waals surface area contributed by atoms with E-state index in [0.717, 1.165) is 0 Å². The molecule has 0 aliphatic carbocycles. The fourth-order valence-electron chi connectivity index (χ4n) is 0.899. The van der Waals surface area contributed by atoms with Crippen LogP contribution in [0, 0.1) is 0 Å². The molecule has 0 aliphatic heterocycles. The first kappa shape index (κ1) is 8.07. The number of hydrogen-bond donors (Lipinski definition) is 0. The molecule has 0 fully saturated rings. The minimum Gasteiger partial charge on any atom is -0.370 e. The van der Waals surface area contributed by atoms with E-state index in [-0.39, 0.29) is 5.89 Å². The third-order valence-electron chi connectivity index (χ3n) is 1.47. The van der Waals surface area contributed by atoms with Gasteiger partial charge in [-0.1, -0.05) is 11.6 Å². The average Bonchev–Trinajstić information content (AvgIpc) is 2.53. The summed E-state index contributed by atoms with van der Waals surface area (Å²) in [4.78, 5) is 10.5. The van der Waals surface area contributed by atoms with E-state index in [0.29, 0.717) is 10.6 Å². The van der Waals surface area contributed by atoms with Gasteiger partial charge in [-0.3, -0.25) is 4.52 Å². The van der Waals surface area contributed by atoms with Crippen LogP contribution in [0.25, 0.3) is 11.5 Å². The van der Waals surface area contributed by atoms with Crippen molar-refractivity contribution < 1.29 is 8.94 Å². The minimum atomic E-state index is -0.815. The molecule has 0 unspecified atom stereocenters. The van der Waals surface area contributed by atoms with Gasteiger partial charge in [-0.15, -0.1) is 0 Å². The highest BCUT2D eigenvalue weighted by molar-refractivity contribution is 6.30. The van der Waals surface area contributed by atoms with Crippen LogP contribution in [0.1, 0.15) is 0 Å². The van der Waals surface area contributed by atoms with Crippen molar-refractivity contribution in [2.24, 2.45) is 0 Å². The van der Waals surface area contributed by atoms with Gasteiger partial charge in [0.05, 0.1) is 0 Å². The molecule has 0 aliphatic rings. The van der Waals surface area contributed by atoms with Gasteiger partial charge in [0.1, 0.15) is 0 Å². The highest BCUT2D eigenvalue weighted by atomic mass is 35.5. The second-order valence-corrected chi connectivity index (χ2v) is 2.78. The molecule has 0 saturated carbocycles. The van der Waals surface area contributed by atoms with E-state index in [9.17, 15) is 4.79 Å². The summed E-state index contributed by atoms with van der Waals surface area (Å²) in [7, 11) is 0. The minimum absolute atomic E-state index is 0.154. The number of hydrogen-bond acceptors (Lipinski definition) is 4. The van der Waals surface area contributed by atoms with Gasteiger partial charge in [-0.2, -0.15) is 0 Å². The maximum atomic E-state index is 10.5. The molecule has 1 heterocycles. The summed E-state index contributed by atoms with van der Waals surface area (Å²) in [6.45, 7) is 0. The highest BCUT2D eigenvalue weighted by Crippen LogP contribution is 2.17. The lowest BCUT2D eigenvalue weighted by molar-refractivity contribution is 0.335. The van der Waals surface area contributed by atoms with Gasteiger partial charge in [0.25, 0.3) is 5.89 Å². The van der Waals surface area contributed by atoms with Crippen molar-refractivity contribution in [3.8, 4) is 11.5 Å². The van der Waals surface area contributed by atoms with Gasteiger partial charge in [0.2, 0.25) is 0 Å². The van der Waals surface area contributed by atoms with E-state index in [1.54, 1.807) is 24.3 Å². The van der Waals surface area contributed by atoms with Crippen LogP contribution < -0.4 is 5.82 Å². The summed E-state index contributed by atoms with van der Waals surface area (Å²) in [5.74, 6) is -0.661. The zero-order valence-electron chi connectivity index (χ0n) is 6.36. The number of aromatic nitrogens is 1. The van der Waals surface area contributed by atoms with Crippen LogP contribution in [-0.2, 0) is 0 Å². The third kappa shape index (κ3) is 1.62. The SMILES string of the molecule is O=c1onc(-c2ccc(Cl)cc2)o1. The lowest BCUT2D eigenvalue weighted by Gasteiger charge is -1.91. The monoisotopic (exact) mass is 197 g/mol. The van der Waals surface area contributed by atoms with Crippen LogP contribution >= 0.6 is 11.6 Å². The maximum Gasteiger partial charge on any atom is 0.542 e. The first-order valence-corrected chi connectivity index (χ1v) is 3.86. The van der Waals surface area contributed by atoms with Gasteiger partial charge < -0.3 is 4.42 Å². The van der Waals surface area contributed by atoms with Crippen molar-refractivity contribution in [3.63, 3.8) is 0 Å². The molecule has 0 amide bonds. The molecule has 66 valence electrons.